The molecule has 0 radical (unpaired) electrons. The van der Waals surface area contributed by atoms with E-state index in [9.17, 15) is 14.4 Å². The molecule has 0 aromatic carbocycles. The van der Waals surface area contributed by atoms with Crippen LogP contribution in [-0.2, 0) is 18.9 Å². The molecule has 0 bridgehead atoms. The van der Waals surface area contributed by atoms with Crippen molar-refractivity contribution in [1.82, 2.24) is 25.1 Å². The van der Waals surface area contributed by atoms with Gasteiger partial charge in [0.25, 0.3) is 0 Å². The van der Waals surface area contributed by atoms with E-state index >= 15 is 0 Å². The van der Waals surface area contributed by atoms with Gasteiger partial charge in [-0.15, -0.1) is 5.10 Å². The van der Waals surface area contributed by atoms with Crippen LogP contribution >= 0.6 is 0 Å². The average molecular weight is 625 g/mol. The van der Waals surface area contributed by atoms with Crippen molar-refractivity contribution in [2.75, 3.05) is 38.9 Å². The number of amides is 1. The van der Waals surface area contributed by atoms with Crippen LogP contribution in [0.4, 0.5) is 15.3 Å². The van der Waals surface area contributed by atoms with Gasteiger partial charge < -0.3 is 39.3 Å². The van der Waals surface area contributed by atoms with E-state index < -0.39 is 29.4 Å². The number of aromatic amines is 1. The Kier molecular flexibility index (Phi) is 10.2. The summed E-state index contributed by atoms with van der Waals surface area (Å²) in [6, 6.07) is 3.47. The Morgan fingerprint density at radius 2 is 1.87 bits per heavy atom. The van der Waals surface area contributed by atoms with E-state index in [-0.39, 0.29) is 25.8 Å². The van der Waals surface area contributed by atoms with Gasteiger partial charge in [-0.1, -0.05) is 0 Å². The number of hydrogen-bond donors (Lipinski definition) is 3. The highest BCUT2D eigenvalue weighted by Gasteiger charge is 2.24. The molecule has 0 saturated heterocycles. The van der Waals surface area contributed by atoms with Gasteiger partial charge in [0, 0.05) is 18.3 Å². The van der Waals surface area contributed by atoms with Gasteiger partial charge >= 0.3 is 18.2 Å². The van der Waals surface area contributed by atoms with Gasteiger partial charge in [-0.2, -0.15) is 4.68 Å². The second-order valence-electron chi connectivity index (χ2n) is 12.2. The fraction of sp³-hybridized carbons (Fsp3) is 0.452. The maximum absolute atomic E-state index is 12.9. The molecule has 1 aliphatic heterocycles. The molecule has 4 heterocycles. The van der Waals surface area contributed by atoms with E-state index in [0.717, 1.165) is 15.8 Å². The zero-order valence-corrected chi connectivity index (χ0v) is 26.6. The number of H-pyrrole nitrogens is 1. The number of nitrogens with one attached hydrogen (secondary N) is 3. The van der Waals surface area contributed by atoms with Gasteiger partial charge in [-0.25, -0.2) is 14.4 Å². The van der Waals surface area contributed by atoms with Crippen LogP contribution in [0.2, 0.25) is 0 Å². The third-order valence-electron chi connectivity index (χ3n) is 6.14. The minimum Gasteiger partial charge on any atom is -0.476 e. The number of fused-ring (bicyclic) bond motifs is 1. The summed E-state index contributed by atoms with van der Waals surface area (Å²) < 4.78 is 28.5. The lowest BCUT2D eigenvalue weighted by molar-refractivity contribution is 0.0502. The number of methoxy groups -OCH3 is 1. The lowest BCUT2D eigenvalue weighted by Gasteiger charge is -2.19. The molecule has 4 rings (SSSR count). The summed E-state index contributed by atoms with van der Waals surface area (Å²) >= 11 is 0. The topological polar surface area (TPSA) is 168 Å². The highest BCUT2D eigenvalue weighted by molar-refractivity contribution is 5.97. The van der Waals surface area contributed by atoms with Crippen molar-refractivity contribution in [3.05, 3.63) is 47.5 Å². The summed E-state index contributed by atoms with van der Waals surface area (Å²) in [4.78, 5) is 44.8. The second kappa shape index (κ2) is 13.8. The summed E-state index contributed by atoms with van der Waals surface area (Å²) in [5.41, 5.74) is 2.76. The Morgan fingerprint density at radius 1 is 1.11 bits per heavy atom. The fourth-order valence-electron chi connectivity index (χ4n) is 4.25. The largest absolute Gasteiger partial charge is 0.476 e. The third-order valence-corrected chi connectivity index (χ3v) is 6.14. The standard InChI is InChI=1S/C31H40N6O8/c1-30(2,3)44-28(39)33-10-8-12-43-26-22(16-37(36-26)29(40)45-31(4,5)6)24-14-21-19(17-42-18-35-25(21)15-34-24)13-23-20(9-11-32-23)27(38)41-7/h9,11,13-16,32,35H,8,10,12,17-18H2,1-7H3,(H,33,39)/b19-13+. The number of ether oxygens (including phenoxy) is 5. The molecule has 0 aliphatic carbocycles. The Bertz CT molecular complexity index is 1560. The molecular weight excluding hydrogens is 584 g/mol. The van der Waals surface area contributed by atoms with Gasteiger partial charge in [0.1, 0.15) is 17.9 Å². The van der Waals surface area contributed by atoms with Gasteiger partial charge in [0.05, 0.1) is 60.9 Å². The molecule has 0 spiro atoms. The molecule has 1 amide bonds. The summed E-state index contributed by atoms with van der Waals surface area (Å²) in [5.74, 6) is -0.310. The van der Waals surface area contributed by atoms with Crippen molar-refractivity contribution in [3.8, 4) is 17.1 Å². The van der Waals surface area contributed by atoms with E-state index in [0.29, 0.717) is 41.2 Å². The average Bonchev–Trinajstić information content (AvgIpc) is 3.54. The van der Waals surface area contributed by atoms with Gasteiger partial charge in [0.2, 0.25) is 5.88 Å². The van der Waals surface area contributed by atoms with Crippen molar-refractivity contribution in [2.45, 2.75) is 59.2 Å². The van der Waals surface area contributed by atoms with Crippen LogP contribution in [0.5, 0.6) is 5.88 Å². The molecule has 0 unspecified atom stereocenters. The highest BCUT2D eigenvalue weighted by Crippen LogP contribution is 2.35. The number of carbonyl (C=O) groups excluding carboxylic acids is 3. The Balaban J connectivity index is 1.63. The number of pyridine rings is 1. The monoisotopic (exact) mass is 624 g/mol. The second-order valence-corrected chi connectivity index (χ2v) is 12.2. The minimum absolute atomic E-state index is 0.159. The molecule has 14 nitrogen and oxygen atoms in total. The predicted octanol–water partition coefficient (Wildman–Crippen LogP) is 5.08. The van der Waals surface area contributed by atoms with Crippen LogP contribution in [0.3, 0.4) is 0 Å². The van der Waals surface area contributed by atoms with E-state index in [2.05, 4.69) is 25.7 Å². The zero-order chi connectivity index (χ0) is 32.8. The maximum atomic E-state index is 12.9. The number of anilines is 1. The van der Waals surface area contributed by atoms with Crippen molar-refractivity contribution in [1.29, 1.82) is 0 Å². The predicted molar refractivity (Wildman–Crippen MR) is 166 cm³/mol. The van der Waals surface area contributed by atoms with Crippen LogP contribution in [0.25, 0.3) is 22.9 Å². The first-order valence-corrected chi connectivity index (χ1v) is 14.5. The van der Waals surface area contributed by atoms with E-state index in [1.807, 2.05) is 12.1 Å². The number of rotatable bonds is 8. The lowest BCUT2D eigenvalue weighted by atomic mass is 10.0. The molecule has 3 aromatic rings. The molecule has 0 atom stereocenters. The Hall–Kier alpha value is -4.85. The molecule has 1 aliphatic rings. The Morgan fingerprint density at radius 3 is 2.58 bits per heavy atom. The van der Waals surface area contributed by atoms with Crippen molar-refractivity contribution in [2.24, 2.45) is 0 Å². The summed E-state index contributed by atoms with van der Waals surface area (Å²) in [5, 5.41) is 10.2. The summed E-state index contributed by atoms with van der Waals surface area (Å²) in [6.07, 6.45) is 5.88. The van der Waals surface area contributed by atoms with E-state index in [4.69, 9.17) is 23.7 Å². The van der Waals surface area contributed by atoms with Gasteiger partial charge in [-0.3, -0.25) is 4.98 Å². The van der Waals surface area contributed by atoms with Crippen LogP contribution in [0, 0.1) is 0 Å². The molecular formula is C31H40N6O8. The number of aromatic nitrogens is 4. The molecule has 242 valence electrons. The van der Waals surface area contributed by atoms with Crippen LogP contribution in [-0.4, -0.2) is 82.7 Å². The van der Waals surface area contributed by atoms with Gasteiger partial charge in [-0.05, 0) is 71.7 Å². The normalized spacial score (nSPS) is 14.2. The first-order valence-electron chi connectivity index (χ1n) is 14.5. The quantitative estimate of drug-likeness (QED) is 0.174. The molecule has 45 heavy (non-hydrogen) atoms. The number of nitrogens with zero attached hydrogens (tertiary/aromatic N) is 3. The summed E-state index contributed by atoms with van der Waals surface area (Å²) in [7, 11) is 1.33. The number of alkyl carbamates (subject to hydrolysis) is 1. The maximum Gasteiger partial charge on any atom is 0.435 e. The minimum atomic E-state index is -0.744. The van der Waals surface area contributed by atoms with Crippen molar-refractivity contribution >= 4 is 35.5 Å². The number of hydrogen-bond acceptors (Lipinski definition) is 11. The van der Waals surface area contributed by atoms with Crippen LogP contribution in [0.15, 0.2) is 30.7 Å². The van der Waals surface area contributed by atoms with E-state index in [1.165, 1.54) is 13.3 Å². The smallest absolute Gasteiger partial charge is 0.435 e. The van der Waals surface area contributed by atoms with Crippen molar-refractivity contribution in [3.63, 3.8) is 0 Å². The Labute approximate surface area is 261 Å². The SMILES string of the molecule is COC(=O)c1cc[nH]c1/C=C1\COCNc2cnc(-c3cn(C(=O)OC(C)(C)C)nc3OCCCNC(=O)OC(C)(C)C)cc21. The molecule has 0 fully saturated rings. The van der Waals surface area contributed by atoms with Gasteiger partial charge in [0.15, 0.2) is 0 Å². The summed E-state index contributed by atoms with van der Waals surface area (Å²) in [6.45, 7) is 11.6. The fourth-order valence-corrected chi connectivity index (χ4v) is 4.25. The first kappa shape index (κ1) is 33.1. The van der Waals surface area contributed by atoms with E-state index in [1.54, 1.807) is 60.0 Å². The number of carbonyl (C=O) groups is 3. The molecule has 0 saturated carbocycles. The zero-order valence-electron chi connectivity index (χ0n) is 26.6. The number of esters is 1. The van der Waals surface area contributed by atoms with Crippen LogP contribution < -0.4 is 15.4 Å². The highest BCUT2D eigenvalue weighted by atomic mass is 16.6. The first-order chi connectivity index (χ1) is 21.2. The molecule has 14 heteroatoms. The van der Waals surface area contributed by atoms with Crippen molar-refractivity contribution < 1.29 is 38.1 Å². The molecule has 3 aromatic heterocycles. The lowest BCUT2D eigenvalue weighted by Crippen LogP contribution is -2.33. The molecule has 3 N–H and O–H groups in total. The van der Waals surface area contributed by atoms with Crippen LogP contribution in [0.1, 0.15) is 69.6 Å². The third kappa shape index (κ3) is 9.08.